The van der Waals surface area contributed by atoms with Gasteiger partial charge in [0.15, 0.2) is 0 Å². The van der Waals surface area contributed by atoms with E-state index in [1.807, 2.05) is 0 Å². The second-order valence-electron chi connectivity index (χ2n) is 5.79. The van der Waals surface area contributed by atoms with Gasteiger partial charge in [-0.2, -0.15) is 0 Å². The highest BCUT2D eigenvalue weighted by Crippen LogP contribution is 2.06. The summed E-state index contributed by atoms with van der Waals surface area (Å²) in [6, 6.07) is 6.28. The molecule has 0 atom stereocenters. The Morgan fingerprint density at radius 2 is 1.15 bits per heavy atom. The fraction of sp³-hybridized carbons (Fsp3) is 0.444. The van der Waals surface area contributed by atoms with E-state index >= 15 is 0 Å². The van der Waals surface area contributed by atoms with Crippen LogP contribution in [0.4, 0.5) is 0 Å². The molecule has 0 radical (unpaired) electrons. The fourth-order valence-electron chi connectivity index (χ4n) is 2.21. The highest BCUT2D eigenvalue weighted by molar-refractivity contribution is 5.99. The number of aliphatic carboxylic acids is 2. The summed E-state index contributed by atoms with van der Waals surface area (Å²) < 4.78 is 0. The first-order valence-corrected chi connectivity index (χ1v) is 8.50. The number of hydrogen-bond donors (Lipinski definition) is 4. The Kier molecular flexibility index (Phi) is 9.45. The van der Waals surface area contributed by atoms with E-state index in [-0.39, 0.29) is 24.7 Å². The van der Waals surface area contributed by atoms with Gasteiger partial charge in [0, 0.05) is 37.1 Å². The Balaban J connectivity index is 2.40. The molecule has 1 rings (SSSR count). The van der Waals surface area contributed by atoms with Crippen LogP contribution in [0.25, 0.3) is 0 Å². The van der Waals surface area contributed by atoms with Gasteiger partial charge in [-0.25, -0.2) is 0 Å². The van der Waals surface area contributed by atoms with Crippen molar-refractivity contribution in [3.63, 3.8) is 0 Å². The Labute approximate surface area is 151 Å². The minimum atomic E-state index is -0.863. The minimum Gasteiger partial charge on any atom is -0.481 e. The summed E-state index contributed by atoms with van der Waals surface area (Å²) >= 11 is 0. The van der Waals surface area contributed by atoms with Crippen molar-refractivity contribution >= 4 is 23.8 Å². The third kappa shape index (κ3) is 8.81. The normalized spacial score (nSPS) is 10.2. The Bertz CT molecular complexity index is 593. The van der Waals surface area contributed by atoms with E-state index < -0.39 is 11.9 Å². The third-order valence-corrected chi connectivity index (χ3v) is 3.59. The van der Waals surface area contributed by atoms with Gasteiger partial charge < -0.3 is 20.8 Å². The predicted molar refractivity (Wildman–Crippen MR) is 94.1 cm³/mol. The zero-order valence-corrected chi connectivity index (χ0v) is 14.5. The molecule has 0 spiro atoms. The summed E-state index contributed by atoms with van der Waals surface area (Å²) in [5.74, 6) is -2.37. The summed E-state index contributed by atoms with van der Waals surface area (Å²) in [7, 11) is 0. The second-order valence-corrected chi connectivity index (χ2v) is 5.79. The Morgan fingerprint density at radius 1 is 0.731 bits per heavy atom. The molecule has 0 fully saturated rings. The van der Waals surface area contributed by atoms with Crippen LogP contribution in [0.15, 0.2) is 24.3 Å². The molecule has 0 saturated carbocycles. The van der Waals surface area contributed by atoms with Gasteiger partial charge >= 0.3 is 11.9 Å². The quantitative estimate of drug-likeness (QED) is 0.417. The molecule has 0 aromatic heterocycles. The van der Waals surface area contributed by atoms with Crippen molar-refractivity contribution in [1.29, 1.82) is 0 Å². The summed E-state index contributed by atoms with van der Waals surface area (Å²) in [6.45, 7) is 0.734. The van der Waals surface area contributed by atoms with Crippen LogP contribution in [0.1, 0.15) is 59.2 Å². The molecule has 26 heavy (non-hydrogen) atoms. The summed E-state index contributed by atoms with van der Waals surface area (Å²) in [5, 5.41) is 22.5. The molecular weight excluding hydrogens is 340 g/mol. The van der Waals surface area contributed by atoms with Crippen LogP contribution in [-0.4, -0.2) is 47.1 Å². The molecule has 0 aliphatic carbocycles. The first-order valence-electron chi connectivity index (χ1n) is 8.50. The van der Waals surface area contributed by atoms with Crippen molar-refractivity contribution in [3.05, 3.63) is 35.4 Å². The van der Waals surface area contributed by atoms with Gasteiger partial charge in [0.25, 0.3) is 11.8 Å². The van der Waals surface area contributed by atoms with Crippen LogP contribution in [0.5, 0.6) is 0 Å². The van der Waals surface area contributed by atoms with E-state index in [2.05, 4.69) is 10.6 Å². The minimum absolute atomic E-state index is 0.0675. The zero-order chi connectivity index (χ0) is 19.4. The number of carbonyl (C=O) groups is 4. The second kappa shape index (κ2) is 11.6. The topological polar surface area (TPSA) is 133 Å². The molecule has 0 aliphatic rings. The lowest BCUT2D eigenvalue weighted by molar-refractivity contribution is -0.138. The van der Waals surface area contributed by atoms with Crippen molar-refractivity contribution in [3.8, 4) is 0 Å². The number of carboxylic acid groups (broad SMARTS) is 2. The van der Waals surface area contributed by atoms with Crippen molar-refractivity contribution in [2.75, 3.05) is 13.1 Å². The van der Waals surface area contributed by atoms with Crippen LogP contribution < -0.4 is 10.6 Å². The van der Waals surface area contributed by atoms with Gasteiger partial charge in [0.2, 0.25) is 0 Å². The fourth-order valence-corrected chi connectivity index (χ4v) is 2.21. The van der Waals surface area contributed by atoms with Crippen LogP contribution >= 0.6 is 0 Å². The highest BCUT2D eigenvalue weighted by Gasteiger charge is 2.10. The number of hydrogen-bond acceptors (Lipinski definition) is 4. The van der Waals surface area contributed by atoms with Gasteiger partial charge in [-0.05, 0) is 43.9 Å². The monoisotopic (exact) mass is 364 g/mol. The van der Waals surface area contributed by atoms with E-state index in [9.17, 15) is 19.2 Å². The van der Waals surface area contributed by atoms with Crippen LogP contribution in [0.3, 0.4) is 0 Å². The van der Waals surface area contributed by atoms with Crippen LogP contribution in [0.2, 0.25) is 0 Å². The number of nitrogens with one attached hydrogen (secondary N) is 2. The van der Waals surface area contributed by atoms with Crippen LogP contribution in [0, 0.1) is 0 Å². The molecule has 0 aliphatic heterocycles. The Morgan fingerprint density at radius 3 is 1.54 bits per heavy atom. The number of carboxylic acids is 2. The average Bonchev–Trinajstić information content (AvgIpc) is 2.60. The highest BCUT2D eigenvalue weighted by atomic mass is 16.4. The summed E-state index contributed by atoms with van der Waals surface area (Å²) in [6.07, 6.45) is 2.24. The number of amides is 2. The van der Waals surface area contributed by atoms with E-state index in [1.165, 1.54) is 6.07 Å². The molecule has 4 N–H and O–H groups in total. The summed E-state index contributed by atoms with van der Waals surface area (Å²) in [5.41, 5.74) is 0.698. The lowest BCUT2D eigenvalue weighted by Crippen LogP contribution is -2.27. The first kappa shape index (κ1) is 21.1. The Hall–Kier alpha value is -2.90. The van der Waals surface area contributed by atoms with Gasteiger partial charge in [0.05, 0.1) is 0 Å². The standard InChI is InChI=1S/C18H24N2O6/c21-15(22)8-1-3-10-19-17(25)13-6-5-7-14(12-13)18(26)20-11-4-2-9-16(23)24/h5-7,12H,1-4,8-11H2,(H,19,25)(H,20,26)(H,21,22)(H,23,24). The molecule has 142 valence electrons. The first-order chi connectivity index (χ1) is 12.4. The number of rotatable bonds is 12. The van der Waals surface area contributed by atoms with E-state index in [4.69, 9.17) is 10.2 Å². The third-order valence-electron chi connectivity index (χ3n) is 3.59. The van der Waals surface area contributed by atoms with Gasteiger partial charge in [-0.1, -0.05) is 6.07 Å². The molecule has 0 bridgehead atoms. The number of unbranched alkanes of at least 4 members (excludes halogenated alkanes) is 2. The molecule has 0 saturated heterocycles. The largest absolute Gasteiger partial charge is 0.481 e. The molecule has 0 heterocycles. The van der Waals surface area contributed by atoms with Gasteiger partial charge in [-0.3, -0.25) is 19.2 Å². The molecule has 8 nitrogen and oxygen atoms in total. The molecule has 2 amide bonds. The zero-order valence-electron chi connectivity index (χ0n) is 14.5. The van der Waals surface area contributed by atoms with E-state index in [0.717, 1.165) is 0 Å². The van der Waals surface area contributed by atoms with Crippen molar-refractivity contribution < 1.29 is 29.4 Å². The summed E-state index contributed by atoms with van der Waals surface area (Å²) in [4.78, 5) is 44.9. The lowest BCUT2D eigenvalue weighted by atomic mass is 10.1. The maximum atomic E-state index is 12.1. The molecule has 1 aromatic rings. The average molecular weight is 364 g/mol. The number of carbonyl (C=O) groups excluding carboxylic acids is 2. The molecular formula is C18H24N2O6. The van der Waals surface area contributed by atoms with E-state index in [1.54, 1.807) is 18.2 Å². The van der Waals surface area contributed by atoms with Crippen LogP contribution in [-0.2, 0) is 9.59 Å². The lowest BCUT2D eigenvalue weighted by Gasteiger charge is -2.08. The van der Waals surface area contributed by atoms with Gasteiger partial charge in [-0.15, -0.1) is 0 Å². The molecule has 0 unspecified atom stereocenters. The van der Waals surface area contributed by atoms with Gasteiger partial charge in [0.1, 0.15) is 0 Å². The SMILES string of the molecule is O=C(O)CCCCNC(=O)c1cccc(C(=O)NCCCCC(=O)O)c1. The smallest absolute Gasteiger partial charge is 0.303 e. The van der Waals surface area contributed by atoms with Crippen molar-refractivity contribution in [2.45, 2.75) is 38.5 Å². The van der Waals surface area contributed by atoms with Crippen molar-refractivity contribution in [1.82, 2.24) is 10.6 Å². The maximum absolute atomic E-state index is 12.1. The van der Waals surface area contributed by atoms with E-state index in [0.29, 0.717) is 49.9 Å². The maximum Gasteiger partial charge on any atom is 0.303 e. The number of benzene rings is 1. The predicted octanol–water partition coefficient (Wildman–Crippen LogP) is 1.66. The van der Waals surface area contributed by atoms with Crippen molar-refractivity contribution in [2.24, 2.45) is 0 Å². The molecule has 1 aromatic carbocycles. The molecule has 8 heteroatoms.